The van der Waals surface area contributed by atoms with Crippen LogP contribution in [-0.2, 0) is 17.9 Å². The Labute approximate surface area is 177 Å². The maximum Gasteiger partial charge on any atom is 0.251 e. The second-order valence-corrected chi connectivity index (χ2v) is 7.83. The molecule has 0 aliphatic carbocycles. The second kappa shape index (κ2) is 11.0. The maximum absolute atomic E-state index is 12.2. The minimum absolute atomic E-state index is 0.00159. The quantitative estimate of drug-likeness (QED) is 0.615. The summed E-state index contributed by atoms with van der Waals surface area (Å²) in [5.41, 5.74) is 3.02. The molecule has 0 saturated carbocycles. The first kappa shape index (κ1) is 21.3. The third kappa shape index (κ3) is 6.87. The number of nitrogens with zero attached hydrogens (tertiary/aromatic N) is 1. The zero-order valence-electron chi connectivity index (χ0n) is 16.6. The van der Waals surface area contributed by atoms with Crippen LogP contribution in [0.25, 0.3) is 0 Å². The van der Waals surface area contributed by atoms with Crippen molar-refractivity contribution in [2.75, 3.05) is 19.6 Å². The van der Waals surface area contributed by atoms with Gasteiger partial charge in [0.25, 0.3) is 5.91 Å². The van der Waals surface area contributed by atoms with Gasteiger partial charge in [-0.05, 0) is 67.7 Å². The fourth-order valence-corrected chi connectivity index (χ4v) is 3.63. The summed E-state index contributed by atoms with van der Waals surface area (Å²) >= 11 is 5.83. The van der Waals surface area contributed by atoms with E-state index in [0.717, 1.165) is 19.6 Å². The van der Waals surface area contributed by atoms with Crippen molar-refractivity contribution in [3.05, 3.63) is 70.2 Å². The van der Waals surface area contributed by atoms with Crippen LogP contribution in [0.1, 0.15) is 47.2 Å². The molecule has 5 nitrogen and oxygen atoms in total. The van der Waals surface area contributed by atoms with Crippen LogP contribution in [-0.4, -0.2) is 36.3 Å². The zero-order chi connectivity index (χ0) is 20.5. The highest BCUT2D eigenvalue weighted by atomic mass is 35.5. The molecule has 0 unspecified atom stereocenters. The molecule has 1 aliphatic rings. The summed E-state index contributed by atoms with van der Waals surface area (Å²) in [6.45, 7) is 4.26. The summed E-state index contributed by atoms with van der Waals surface area (Å²) in [5, 5.41) is 6.43. The van der Waals surface area contributed by atoms with Crippen molar-refractivity contribution < 1.29 is 9.59 Å². The first-order chi connectivity index (χ1) is 14.1. The van der Waals surface area contributed by atoms with E-state index in [4.69, 9.17) is 11.6 Å². The molecule has 2 N–H and O–H groups in total. The Morgan fingerprint density at radius 2 is 1.62 bits per heavy atom. The standard InChI is InChI=1S/C23H28ClN3O2/c24-21-11-9-18(10-12-21)23(29)25-13-5-8-22(28)26-16-19-6-1-2-7-20(19)17-27-14-3-4-15-27/h1-2,6-7,9-12H,3-5,8,13-17H2,(H,25,29)(H,26,28). The van der Waals surface area contributed by atoms with Gasteiger partial charge in [-0.25, -0.2) is 0 Å². The van der Waals surface area contributed by atoms with E-state index in [0.29, 0.717) is 36.5 Å². The number of amides is 2. The first-order valence-electron chi connectivity index (χ1n) is 10.2. The highest BCUT2D eigenvalue weighted by molar-refractivity contribution is 6.30. The van der Waals surface area contributed by atoms with E-state index in [9.17, 15) is 9.59 Å². The molecule has 1 heterocycles. The van der Waals surface area contributed by atoms with Crippen molar-refractivity contribution in [1.29, 1.82) is 0 Å². The highest BCUT2D eigenvalue weighted by Gasteiger charge is 2.14. The number of likely N-dealkylation sites (tertiary alicyclic amines) is 1. The van der Waals surface area contributed by atoms with Crippen molar-refractivity contribution in [2.24, 2.45) is 0 Å². The summed E-state index contributed by atoms with van der Waals surface area (Å²) in [7, 11) is 0. The summed E-state index contributed by atoms with van der Waals surface area (Å²) in [5.74, 6) is -0.153. The summed E-state index contributed by atoms with van der Waals surface area (Å²) in [4.78, 5) is 26.7. The Morgan fingerprint density at radius 3 is 2.34 bits per heavy atom. The molecular weight excluding hydrogens is 386 g/mol. The summed E-state index contributed by atoms with van der Waals surface area (Å²) < 4.78 is 0. The van der Waals surface area contributed by atoms with E-state index in [1.165, 1.54) is 24.0 Å². The Balaban J connectivity index is 1.37. The minimum atomic E-state index is -0.155. The summed E-state index contributed by atoms with van der Waals surface area (Å²) in [6.07, 6.45) is 3.52. The normalized spacial score (nSPS) is 14.0. The number of nitrogens with one attached hydrogen (secondary N) is 2. The van der Waals surface area contributed by atoms with Crippen molar-refractivity contribution >= 4 is 23.4 Å². The SMILES string of the molecule is O=C(CCCNC(=O)c1ccc(Cl)cc1)NCc1ccccc1CN1CCCC1. The van der Waals surface area contributed by atoms with Gasteiger partial charge in [0.05, 0.1) is 0 Å². The fourth-order valence-electron chi connectivity index (χ4n) is 3.50. The molecule has 29 heavy (non-hydrogen) atoms. The van der Waals surface area contributed by atoms with Gasteiger partial charge in [-0.2, -0.15) is 0 Å². The van der Waals surface area contributed by atoms with Gasteiger partial charge in [0.2, 0.25) is 5.91 Å². The molecule has 2 amide bonds. The van der Waals surface area contributed by atoms with Crippen molar-refractivity contribution in [3.63, 3.8) is 0 Å². The lowest BCUT2D eigenvalue weighted by atomic mass is 10.1. The third-order valence-electron chi connectivity index (χ3n) is 5.16. The molecular formula is C23H28ClN3O2. The maximum atomic E-state index is 12.2. The van der Waals surface area contributed by atoms with Gasteiger partial charge in [0, 0.05) is 36.6 Å². The van der Waals surface area contributed by atoms with Gasteiger partial charge in [0.15, 0.2) is 0 Å². The number of carbonyl (C=O) groups is 2. The van der Waals surface area contributed by atoms with Crippen LogP contribution in [0.3, 0.4) is 0 Å². The molecule has 6 heteroatoms. The van der Waals surface area contributed by atoms with E-state index >= 15 is 0 Å². The van der Waals surface area contributed by atoms with Crippen LogP contribution in [0.4, 0.5) is 0 Å². The zero-order valence-corrected chi connectivity index (χ0v) is 17.4. The lowest BCUT2D eigenvalue weighted by Gasteiger charge is -2.17. The van der Waals surface area contributed by atoms with Crippen LogP contribution in [0.5, 0.6) is 0 Å². The van der Waals surface area contributed by atoms with Gasteiger partial charge < -0.3 is 10.6 Å². The third-order valence-corrected chi connectivity index (χ3v) is 5.41. The molecule has 0 aromatic heterocycles. The van der Waals surface area contributed by atoms with Crippen LogP contribution in [0.15, 0.2) is 48.5 Å². The molecule has 1 fully saturated rings. The molecule has 0 radical (unpaired) electrons. The molecule has 2 aromatic carbocycles. The fraction of sp³-hybridized carbons (Fsp3) is 0.391. The van der Waals surface area contributed by atoms with E-state index in [1.54, 1.807) is 24.3 Å². The molecule has 0 bridgehead atoms. The average Bonchev–Trinajstić information content (AvgIpc) is 3.24. The Bertz CT molecular complexity index is 817. The van der Waals surface area contributed by atoms with Crippen molar-refractivity contribution in [3.8, 4) is 0 Å². The minimum Gasteiger partial charge on any atom is -0.352 e. The number of hydrogen-bond donors (Lipinski definition) is 2. The van der Waals surface area contributed by atoms with Crippen LogP contribution < -0.4 is 10.6 Å². The molecule has 154 valence electrons. The molecule has 0 atom stereocenters. The smallest absolute Gasteiger partial charge is 0.251 e. The number of carbonyl (C=O) groups excluding carboxylic acids is 2. The van der Waals surface area contributed by atoms with Crippen molar-refractivity contribution in [2.45, 2.75) is 38.8 Å². The van der Waals surface area contributed by atoms with Gasteiger partial charge >= 0.3 is 0 Å². The monoisotopic (exact) mass is 413 g/mol. The predicted octanol–water partition coefficient (Wildman–Crippen LogP) is 3.76. The molecule has 3 rings (SSSR count). The largest absolute Gasteiger partial charge is 0.352 e. The molecule has 0 spiro atoms. The van der Waals surface area contributed by atoms with Crippen LogP contribution in [0.2, 0.25) is 5.02 Å². The second-order valence-electron chi connectivity index (χ2n) is 7.40. The van der Waals surface area contributed by atoms with Gasteiger partial charge in [-0.3, -0.25) is 14.5 Å². The Kier molecular flexibility index (Phi) is 8.08. The highest BCUT2D eigenvalue weighted by Crippen LogP contribution is 2.16. The number of benzene rings is 2. The topological polar surface area (TPSA) is 61.4 Å². The van der Waals surface area contributed by atoms with E-state index < -0.39 is 0 Å². The predicted molar refractivity (Wildman–Crippen MR) is 116 cm³/mol. The van der Waals surface area contributed by atoms with Crippen LogP contribution in [0, 0.1) is 0 Å². The number of hydrogen-bond acceptors (Lipinski definition) is 3. The van der Waals surface area contributed by atoms with E-state index in [-0.39, 0.29) is 11.8 Å². The first-order valence-corrected chi connectivity index (χ1v) is 10.6. The van der Waals surface area contributed by atoms with E-state index in [1.807, 2.05) is 6.07 Å². The van der Waals surface area contributed by atoms with E-state index in [2.05, 4.69) is 33.7 Å². The average molecular weight is 414 g/mol. The lowest BCUT2D eigenvalue weighted by molar-refractivity contribution is -0.121. The number of rotatable bonds is 9. The van der Waals surface area contributed by atoms with Gasteiger partial charge in [-0.15, -0.1) is 0 Å². The molecule has 1 saturated heterocycles. The van der Waals surface area contributed by atoms with Gasteiger partial charge in [0.1, 0.15) is 0 Å². The summed E-state index contributed by atoms with van der Waals surface area (Å²) in [6, 6.07) is 15.0. The van der Waals surface area contributed by atoms with Gasteiger partial charge in [-0.1, -0.05) is 35.9 Å². The molecule has 1 aliphatic heterocycles. The molecule has 2 aromatic rings. The lowest BCUT2D eigenvalue weighted by Crippen LogP contribution is -2.27. The van der Waals surface area contributed by atoms with Crippen molar-refractivity contribution in [1.82, 2.24) is 15.5 Å². The number of halogens is 1. The Morgan fingerprint density at radius 1 is 0.931 bits per heavy atom. The Hall–Kier alpha value is -2.37. The van der Waals surface area contributed by atoms with Crippen LogP contribution >= 0.6 is 11.6 Å².